The molecule has 1 unspecified atom stereocenters. The van der Waals surface area contributed by atoms with Crippen molar-refractivity contribution in [2.24, 2.45) is 7.05 Å². The summed E-state index contributed by atoms with van der Waals surface area (Å²) in [5.74, 6) is 0.209. The van der Waals surface area contributed by atoms with Crippen molar-refractivity contribution < 1.29 is 4.79 Å². The van der Waals surface area contributed by atoms with Gasteiger partial charge in [0.25, 0.3) is 0 Å². The zero-order valence-electron chi connectivity index (χ0n) is 9.16. The van der Waals surface area contributed by atoms with Gasteiger partial charge in [-0.3, -0.25) is 4.79 Å². The summed E-state index contributed by atoms with van der Waals surface area (Å²) in [5, 5.41) is 11.3. The molecule has 0 aromatic carbocycles. The molecule has 1 fully saturated rings. The predicted octanol–water partition coefficient (Wildman–Crippen LogP) is 0.0688. The summed E-state index contributed by atoms with van der Waals surface area (Å²) < 4.78 is 0. The molecule has 2 heterocycles. The number of rotatable bonds is 3. The van der Waals surface area contributed by atoms with E-state index in [-0.39, 0.29) is 11.3 Å². The zero-order valence-corrected chi connectivity index (χ0v) is 9.16. The molecular weight excluding hydrogens is 192 g/mol. The quantitative estimate of drug-likeness (QED) is 0.763. The average Bonchev–Trinajstić information content (AvgIpc) is 2.76. The minimum Gasteiger partial charge on any atom is -0.305 e. The van der Waals surface area contributed by atoms with Crippen molar-refractivity contribution in [2.45, 2.75) is 31.7 Å². The van der Waals surface area contributed by atoms with Crippen LogP contribution in [0.15, 0.2) is 6.20 Å². The summed E-state index contributed by atoms with van der Waals surface area (Å²) in [6, 6.07) is 0. The summed E-state index contributed by atoms with van der Waals surface area (Å²) >= 11 is 0. The van der Waals surface area contributed by atoms with Gasteiger partial charge in [0, 0.05) is 7.05 Å². The van der Waals surface area contributed by atoms with Gasteiger partial charge in [-0.15, -0.1) is 0 Å². The molecule has 0 spiro atoms. The number of carbonyl (C=O) groups excluding carboxylic acids is 1. The third kappa shape index (κ3) is 2.07. The van der Waals surface area contributed by atoms with Crippen molar-refractivity contribution in [3.05, 3.63) is 11.9 Å². The lowest BCUT2D eigenvalue weighted by Gasteiger charge is -2.21. The second kappa shape index (κ2) is 3.73. The molecule has 0 aliphatic carbocycles. The van der Waals surface area contributed by atoms with Gasteiger partial charge in [-0.2, -0.15) is 15.0 Å². The topological polar surface area (TPSA) is 59.8 Å². The molecule has 0 saturated carbocycles. The highest BCUT2D eigenvalue weighted by Gasteiger charge is 2.35. The van der Waals surface area contributed by atoms with Gasteiger partial charge in [0.15, 0.2) is 5.78 Å². The fraction of sp³-hybridized carbons (Fsp3) is 0.700. The second-order valence-electron chi connectivity index (χ2n) is 4.29. The van der Waals surface area contributed by atoms with Crippen molar-refractivity contribution in [3.63, 3.8) is 0 Å². The third-order valence-electron chi connectivity index (χ3n) is 2.97. The SMILES string of the molecule is Cn1ncc(CC(=O)C2(C)CCCN2)n1. The minimum atomic E-state index is -0.350. The Kier molecular flexibility index (Phi) is 2.56. The van der Waals surface area contributed by atoms with Gasteiger partial charge < -0.3 is 5.32 Å². The molecule has 82 valence electrons. The Morgan fingerprint density at radius 3 is 3.07 bits per heavy atom. The van der Waals surface area contributed by atoms with E-state index in [1.807, 2.05) is 6.92 Å². The smallest absolute Gasteiger partial charge is 0.158 e. The van der Waals surface area contributed by atoms with Crippen LogP contribution in [0, 0.1) is 0 Å². The zero-order chi connectivity index (χ0) is 10.9. The lowest BCUT2D eigenvalue weighted by atomic mass is 9.92. The maximum atomic E-state index is 12.0. The Morgan fingerprint density at radius 2 is 2.53 bits per heavy atom. The van der Waals surface area contributed by atoms with Crippen LogP contribution in [0.3, 0.4) is 0 Å². The molecular formula is C10H16N4O. The van der Waals surface area contributed by atoms with Crippen molar-refractivity contribution in [2.75, 3.05) is 6.54 Å². The second-order valence-corrected chi connectivity index (χ2v) is 4.29. The van der Waals surface area contributed by atoms with Gasteiger partial charge in [-0.05, 0) is 26.3 Å². The van der Waals surface area contributed by atoms with Gasteiger partial charge in [0.2, 0.25) is 0 Å². The van der Waals surface area contributed by atoms with Crippen LogP contribution in [0.2, 0.25) is 0 Å². The molecule has 0 radical (unpaired) electrons. The van der Waals surface area contributed by atoms with Gasteiger partial charge in [-0.25, -0.2) is 0 Å². The maximum absolute atomic E-state index is 12.0. The van der Waals surface area contributed by atoms with Crippen LogP contribution in [0.4, 0.5) is 0 Å². The molecule has 1 N–H and O–H groups in total. The lowest BCUT2D eigenvalue weighted by Crippen LogP contribution is -2.45. The number of hydrogen-bond acceptors (Lipinski definition) is 4. The van der Waals surface area contributed by atoms with E-state index >= 15 is 0 Å². The number of nitrogens with zero attached hydrogens (tertiary/aromatic N) is 3. The molecule has 1 aromatic rings. The van der Waals surface area contributed by atoms with Crippen molar-refractivity contribution in [3.8, 4) is 0 Å². The molecule has 0 bridgehead atoms. The van der Waals surface area contributed by atoms with Crippen molar-refractivity contribution in [1.82, 2.24) is 20.3 Å². The van der Waals surface area contributed by atoms with E-state index in [0.717, 1.165) is 25.1 Å². The molecule has 1 aliphatic rings. The highest BCUT2D eigenvalue weighted by Crippen LogP contribution is 2.20. The van der Waals surface area contributed by atoms with Crippen LogP contribution >= 0.6 is 0 Å². The van der Waals surface area contributed by atoms with Gasteiger partial charge in [0.05, 0.1) is 23.9 Å². The first-order valence-electron chi connectivity index (χ1n) is 5.24. The molecule has 5 nitrogen and oxygen atoms in total. The first-order chi connectivity index (χ1) is 7.10. The van der Waals surface area contributed by atoms with Gasteiger partial charge in [-0.1, -0.05) is 0 Å². The number of hydrogen-bond donors (Lipinski definition) is 1. The number of aromatic nitrogens is 3. The largest absolute Gasteiger partial charge is 0.305 e. The van der Waals surface area contributed by atoms with E-state index in [9.17, 15) is 4.79 Å². The summed E-state index contributed by atoms with van der Waals surface area (Å²) in [7, 11) is 1.75. The van der Waals surface area contributed by atoms with E-state index < -0.39 is 0 Å². The average molecular weight is 208 g/mol. The molecule has 1 aliphatic heterocycles. The van der Waals surface area contributed by atoms with E-state index in [1.54, 1.807) is 13.2 Å². The monoisotopic (exact) mass is 208 g/mol. The fourth-order valence-electron chi connectivity index (χ4n) is 1.96. The molecule has 5 heteroatoms. The van der Waals surface area contributed by atoms with Crippen molar-refractivity contribution >= 4 is 5.78 Å². The Morgan fingerprint density at radius 1 is 1.73 bits per heavy atom. The highest BCUT2D eigenvalue weighted by atomic mass is 16.1. The number of aryl methyl sites for hydroxylation is 1. The van der Waals surface area contributed by atoms with Gasteiger partial charge in [0.1, 0.15) is 0 Å². The van der Waals surface area contributed by atoms with E-state index in [4.69, 9.17) is 0 Å². The summed E-state index contributed by atoms with van der Waals surface area (Å²) in [4.78, 5) is 13.5. The number of ketones is 1. The van der Waals surface area contributed by atoms with E-state index in [1.165, 1.54) is 4.80 Å². The summed E-state index contributed by atoms with van der Waals surface area (Å²) in [6.07, 6.45) is 4.02. The molecule has 15 heavy (non-hydrogen) atoms. The fourth-order valence-corrected chi connectivity index (χ4v) is 1.96. The summed E-state index contributed by atoms with van der Waals surface area (Å²) in [5.41, 5.74) is 0.398. The summed E-state index contributed by atoms with van der Waals surface area (Å²) in [6.45, 7) is 2.90. The van der Waals surface area contributed by atoms with Gasteiger partial charge >= 0.3 is 0 Å². The molecule has 0 amide bonds. The van der Waals surface area contributed by atoms with Crippen LogP contribution in [0.5, 0.6) is 0 Å². The molecule has 1 saturated heterocycles. The number of nitrogens with one attached hydrogen (secondary N) is 1. The first-order valence-corrected chi connectivity index (χ1v) is 5.24. The highest BCUT2D eigenvalue weighted by molar-refractivity contribution is 5.89. The van der Waals surface area contributed by atoms with Crippen LogP contribution < -0.4 is 5.32 Å². The van der Waals surface area contributed by atoms with Crippen LogP contribution in [-0.2, 0) is 18.3 Å². The number of Topliss-reactive ketones (excluding diaryl/α,β-unsaturated/α-hetero) is 1. The van der Waals surface area contributed by atoms with E-state index in [2.05, 4.69) is 15.5 Å². The van der Waals surface area contributed by atoms with Crippen LogP contribution in [0.1, 0.15) is 25.5 Å². The standard InChI is InChI=1S/C10H16N4O/c1-10(4-3-5-11-10)9(15)6-8-7-12-14(2)13-8/h7,11H,3-6H2,1-2H3. The minimum absolute atomic E-state index is 0.209. The normalized spacial score (nSPS) is 25.7. The molecule has 1 aromatic heterocycles. The lowest BCUT2D eigenvalue weighted by molar-refractivity contribution is -0.123. The van der Waals surface area contributed by atoms with E-state index in [0.29, 0.717) is 6.42 Å². The molecule has 1 atom stereocenters. The van der Waals surface area contributed by atoms with Crippen molar-refractivity contribution in [1.29, 1.82) is 0 Å². The first kappa shape index (κ1) is 10.3. The number of carbonyl (C=O) groups is 1. The Labute approximate surface area is 88.9 Å². The predicted molar refractivity (Wildman–Crippen MR) is 55.4 cm³/mol. The maximum Gasteiger partial charge on any atom is 0.158 e. The third-order valence-corrected chi connectivity index (χ3v) is 2.97. The Hall–Kier alpha value is -1.23. The molecule has 2 rings (SSSR count). The Balaban J connectivity index is 2.03. The van der Waals surface area contributed by atoms with Crippen LogP contribution in [-0.4, -0.2) is 32.9 Å². The Bertz CT molecular complexity index is 365. The van der Waals surface area contributed by atoms with Crippen LogP contribution in [0.25, 0.3) is 0 Å².